The summed E-state index contributed by atoms with van der Waals surface area (Å²) < 4.78 is 30.2. The van der Waals surface area contributed by atoms with Crippen LogP contribution in [0.15, 0.2) is 133 Å². The summed E-state index contributed by atoms with van der Waals surface area (Å²) in [6, 6.07) is 32.7. The van der Waals surface area contributed by atoms with Crippen LogP contribution in [0.25, 0.3) is 23.5 Å². The second kappa shape index (κ2) is 18.5. The van der Waals surface area contributed by atoms with Gasteiger partial charge in [-0.2, -0.15) is 10.2 Å². The van der Waals surface area contributed by atoms with Crippen molar-refractivity contribution < 1.29 is 23.5 Å². The Kier molecular flexibility index (Phi) is 12.7. The molecule has 2 saturated carbocycles. The molecule has 10 rings (SSSR count). The standard InChI is InChI=1S/C26H26FN3O.C19H19FN2O2.C7H9N/c1-26-15-19-17-29-30(22-12-10-21(27)11-13-22)24(19)14-20(26)8-5-9-23(26)25(31)28-16-18-6-3-2-4-7-18;1-19-10-12-11-21-22(15-7-5-14(20)6-8-15)17(12)9-13(19)3-2-4-16(19)18(23)24;8-6-7-4-2-1-3-5-7/h2-4,6-7,10-14,17,23H,5,8-9,15-16H2,1H3,(H,28,31);5-9,11,16H,2-4,10H2,1H3,(H,23,24);1-5H,6,8H2/t23-,26+;16-,19+;/m11./s1. The van der Waals surface area contributed by atoms with Gasteiger partial charge in [0.1, 0.15) is 11.6 Å². The summed E-state index contributed by atoms with van der Waals surface area (Å²) in [6.45, 7) is 5.48. The smallest absolute Gasteiger partial charge is 0.307 e. The zero-order valence-corrected chi connectivity index (χ0v) is 35.8. The van der Waals surface area contributed by atoms with E-state index in [1.54, 1.807) is 24.3 Å². The second-order valence-corrected chi connectivity index (χ2v) is 17.5. The van der Waals surface area contributed by atoms with Gasteiger partial charge in [0.25, 0.3) is 0 Å². The number of carboxylic acid groups (broad SMARTS) is 1. The highest BCUT2D eigenvalue weighted by Crippen LogP contribution is 2.52. The van der Waals surface area contributed by atoms with E-state index in [1.807, 2.05) is 82.4 Å². The molecule has 324 valence electrons. The molecule has 2 fully saturated rings. The molecule has 11 heteroatoms. The van der Waals surface area contributed by atoms with Crippen molar-refractivity contribution in [1.29, 1.82) is 0 Å². The summed E-state index contributed by atoms with van der Waals surface area (Å²) >= 11 is 0. The molecular weight excluding hydrogens is 795 g/mol. The molecule has 4 aliphatic carbocycles. The molecule has 9 nitrogen and oxygen atoms in total. The zero-order chi connectivity index (χ0) is 44.1. The lowest BCUT2D eigenvalue weighted by molar-refractivity contribution is -0.146. The number of carbonyl (C=O) groups is 2. The molecule has 0 bridgehead atoms. The Morgan fingerprint density at radius 1 is 0.683 bits per heavy atom. The molecule has 6 aromatic rings. The third kappa shape index (κ3) is 9.06. The Hall–Kier alpha value is -6.46. The van der Waals surface area contributed by atoms with E-state index in [0.717, 1.165) is 84.4 Å². The van der Waals surface area contributed by atoms with Gasteiger partial charge in [-0.05, 0) is 134 Å². The predicted octanol–water partition coefficient (Wildman–Crippen LogP) is 10.1. The minimum absolute atomic E-state index is 0.0569. The molecule has 63 heavy (non-hydrogen) atoms. The lowest BCUT2D eigenvalue weighted by atomic mass is 9.59. The minimum Gasteiger partial charge on any atom is -0.481 e. The highest BCUT2D eigenvalue weighted by Gasteiger charge is 2.48. The number of nitrogens with two attached hydrogens (primary N) is 1. The number of amides is 1. The van der Waals surface area contributed by atoms with Gasteiger partial charge in [0.05, 0.1) is 41.1 Å². The number of hydrogen-bond donors (Lipinski definition) is 3. The van der Waals surface area contributed by atoms with Gasteiger partial charge < -0.3 is 16.2 Å². The Morgan fingerprint density at radius 3 is 1.57 bits per heavy atom. The van der Waals surface area contributed by atoms with Crippen molar-refractivity contribution in [3.8, 4) is 11.4 Å². The molecule has 0 radical (unpaired) electrons. The first kappa shape index (κ1) is 43.2. The van der Waals surface area contributed by atoms with Crippen LogP contribution in [-0.4, -0.2) is 36.5 Å². The van der Waals surface area contributed by atoms with Gasteiger partial charge >= 0.3 is 5.97 Å². The van der Waals surface area contributed by atoms with Crippen LogP contribution in [0.2, 0.25) is 0 Å². The molecule has 2 aromatic heterocycles. The fourth-order valence-corrected chi connectivity index (χ4v) is 10.00. The SMILES string of the molecule is C[C@]12Cc3cnn(-c4ccc(F)cc4)c3C=C1CCC[C@@H]2C(=O)NCc1ccccc1.C[C@]12Cc3cnn(-c4ccc(F)cc4)c3C=C1CCC[C@@H]2C(=O)O.NCc1ccccc1. The molecule has 0 unspecified atom stereocenters. The summed E-state index contributed by atoms with van der Waals surface area (Å²) in [5, 5.41) is 21.8. The second-order valence-electron chi connectivity index (χ2n) is 17.5. The van der Waals surface area contributed by atoms with Crippen LogP contribution < -0.4 is 11.1 Å². The van der Waals surface area contributed by atoms with E-state index in [4.69, 9.17) is 5.73 Å². The maximum Gasteiger partial charge on any atom is 0.307 e. The summed E-state index contributed by atoms with van der Waals surface area (Å²) in [5.74, 6) is -1.52. The van der Waals surface area contributed by atoms with Gasteiger partial charge in [-0.25, -0.2) is 18.1 Å². The Labute approximate surface area is 367 Å². The number of fused-ring (bicyclic) bond motifs is 4. The van der Waals surface area contributed by atoms with E-state index in [1.165, 1.54) is 41.0 Å². The number of rotatable bonds is 7. The lowest BCUT2D eigenvalue weighted by Gasteiger charge is -2.45. The largest absolute Gasteiger partial charge is 0.481 e. The summed E-state index contributed by atoms with van der Waals surface area (Å²) in [5.41, 5.74) is 15.5. The highest BCUT2D eigenvalue weighted by atomic mass is 19.1. The first-order chi connectivity index (χ1) is 30.5. The molecule has 4 aromatic carbocycles. The molecule has 2 heterocycles. The highest BCUT2D eigenvalue weighted by molar-refractivity contribution is 5.81. The Balaban J connectivity index is 0.000000150. The molecule has 4 aliphatic rings. The van der Waals surface area contributed by atoms with Crippen molar-refractivity contribution in [2.45, 2.75) is 78.3 Å². The van der Waals surface area contributed by atoms with E-state index >= 15 is 0 Å². The predicted molar refractivity (Wildman–Crippen MR) is 242 cm³/mol. The molecule has 0 aliphatic heterocycles. The molecule has 4 atom stereocenters. The fourth-order valence-electron chi connectivity index (χ4n) is 10.00. The van der Waals surface area contributed by atoms with Gasteiger partial charge in [0.15, 0.2) is 0 Å². The van der Waals surface area contributed by atoms with Crippen molar-refractivity contribution in [3.05, 3.63) is 178 Å². The van der Waals surface area contributed by atoms with Gasteiger partial charge in [0, 0.05) is 29.8 Å². The molecule has 4 N–H and O–H groups in total. The minimum atomic E-state index is -0.711. The quantitative estimate of drug-likeness (QED) is 0.147. The Morgan fingerprint density at radius 2 is 1.13 bits per heavy atom. The maximum absolute atomic E-state index is 13.3. The summed E-state index contributed by atoms with van der Waals surface area (Å²) in [7, 11) is 0. The van der Waals surface area contributed by atoms with Crippen LogP contribution in [-0.2, 0) is 35.5 Å². The number of aromatic nitrogens is 4. The number of carboxylic acids is 1. The van der Waals surface area contributed by atoms with Gasteiger partial charge in [0.2, 0.25) is 5.91 Å². The molecule has 0 spiro atoms. The monoisotopic (exact) mass is 848 g/mol. The van der Waals surface area contributed by atoms with Crippen LogP contribution >= 0.6 is 0 Å². The average Bonchev–Trinajstić information content (AvgIpc) is 3.90. The number of halogens is 2. The fraction of sp³-hybridized carbons (Fsp3) is 0.308. The van der Waals surface area contributed by atoms with Gasteiger partial charge in [-0.1, -0.05) is 85.7 Å². The number of benzene rings is 4. The third-order valence-corrected chi connectivity index (χ3v) is 13.5. The van der Waals surface area contributed by atoms with E-state index in [0.29, 0.717) is 19.5 Å². The van der Waals surface area contributed by atoms with Crippen molar-refractivity contribution in [2.75, 3.05) is 0 Å². The van der Waals surface area contributed by atoms with Crippen molar-refractivity contribution >= 4 is 24.0 Å². The summed E-state index contributed by atoms with van der Waals surface area (Å²) in [6.07, 6.45) is 14.9. The van der Waals surface area contributed by atoms with Gasteiger partial charge in [-0.3, -0.25) is 9.59 Å². The number of nitrogens with zero attached hydrogens (tertiary/aromatic N) is 4. The van der Waals surface area contributed by atoms with Crippen molar-refractivity contribution in [3.63, 3.8) is 0 Å². The normalized spacial score (nSPS) is 21.9. The number of aliphatic carboxylic acids is 1. The van der Waals surface area contributed by atoms with E-state index < -0.39 is 5.97 Å². The number of allylic oxidation sites excluding steroid dienone is 2. The number of carbonyl (C=O) groups excluding carboxylic acids is 1. The van der Waals surface area contributed by atoms with Crippen LogP contribution in [0.1, 0.15) is 86.0 Å². The van der Waals surface area contributed by atoms with Crippen molar-refractivity contribution in [2.24, 2.45) is 28.4 Å². The summed E-state index contributed by atoms with van der Waals surface area (Å²) in [4.78, 5) is 24.9. The van der Waals surface area contributed by atoms with Crippen molar-refractivity contribution in [1.82, 2.24) is 24.9 Å². The number of nitrogens with one attached hydrogen (secondary N) is 1. The molecular formula is C52H54F2N6O3. The van der Waals surface area contributed by atoms with Crippen LogP contribution in [0.5, 0.6) is 0 Å². The van der Waals surface area contributed by atoms with E-state index in [9.17, 15) is 23.5 Å². The van der Waals surface area contributed by atoms with E-state index in [2.05, 4.69) is 41.5 Å². The zero-order valence-electron chi connectivity index (χ0n) is 35.8. The van der Waals surface area contributed by atoms with E-state index in [-0.39, 0.29) is 40.2 Å². The van der Waals surface area contributed by atoms with Crippen LogP contribution in [0, 0.1) is 34.3 Å². The number of hydrogen-bond acceptors (Lipinski definition) is 5. The first-order valence-corrected chi connectivity index (χ1v) is 21.8. The average molecular weight is 849 g/mol. The third-order valence-electron chi connectivity index (χ3n) is 13.5. The lowest BCUT2D eigenvalue weighted by Crippen LogP contribution is -2.45. The van der Waals surface area contributed by atoms with Gasteiger partial charge in [-0.15, -0.1) is 0 Å². The van der Waals surface area contributed by atoms with Crippen LogP contribution in [0.4, 0.5) is 8.78 Å². The maximum atomic E-state index is 13.3. The topological polar surface area (TPSA) is 128 Å². The first-order valence-electron chi connectivity index (χ1n) is 21.8. The Bertz CT molecular complexity index is 2620. The molecule has 1 amide bonds. The van der Waals surface area contributed by atoms with Crippen LogP contribution in [0.3, 0.4) is 0 Å². The molecule has 0 saturated heterocycles.